The molecule has 2 aliphatic heterocycles. The van der Waals surface area contributed by atoms with Crippen molar-refractivity contribution in [2.75, 3.05) is 56.7 Å². The van der Waals surface area contributed by atoms with Gasteiger partial charge in [0.2, 0.25) is 11.8 Å². The number of ether oxygens (including phenoxy) is 1. The molecule has 0 spiro atoms. The van der Waals surface area contributed by atoms with Gasteiger partial charge in [0.05, 0.1) is 48.9 Å². The molecule has 30 heavy (non-hydrogen) atoms. The zero-order valence-electron chi connectivity index (χ0n) is 16.8. The number of carbonyl (C=O) groups is 3. The van der Waals surface area contributed by atoms with Crippen molar-refractivity contribution in [1.82, 2.24) is 9.80 Å². The molecule has 2 aromatic rings. The minimum absolute atomic E-state index is 0.0258. The Morgan fingerprint density at radius 1 is 0.967 bits per heavy atom. The van der Waals surface area contributed by atoms with Gasteiger partial charge < -0.3 is 15.0 Å². The number of hydrogen-bond acceptors (Lipinski definition) is 5. The third-order valence-electron chi connectivity index (χ3n) is 5.21. The zero-order valence-corrected chi connectivity index (χ0v) is 16.8. The number of likely N-dealkylation sites (N-methyl/N-ethyl adjacent to an activating group) is 1. The van der Waals surface area contributed by atoms with E-state index in [1.165, 1.54) is 0 Å². The number of anilines is 3. The molecular weight excluding hydrogens is 384 g/mol. The second-order valence-electron chi connectivity index (χ2n) is 7.38. The lowest BCUT2D eigenvalue weighted by Crippen LogP contribution is -2.46. The van der Waals surface area contributed by atoms with Crippen molar-refractivity contribution >= 4 is 34.8 Å². The van der Waals surface area contributed by atoms with Crippen molar-refractivity contribution < 1.29 is 19.1 Å². The van der Waals surface area contributed by atoms with Crippen LogP contribution < -0.4 is 10.2 Å². The summed E-state index contributed by atoms with van der Waals surface area (Å²) in [7, 11) is 1.75. The average molecular weight is 408 g/mol. The molecule has 2 aromatic carbocycles. The van der Waals surface area contributed by atoms with Crippen molar-refractivity contribution in [1.29, 1.82) is 0 Å². The molecule has 0 bridgehead atoms. The number of benzene rings is 2. The summed E-state index contributed by atoms with van der Waals surface area (Å²) >= 11 is 0. The van der Waals surface area contributed by atoms with Gasteiger partial charge in [-0.05, 0) is 31.3 Å². The topological polar surface area (TPSA) is 82.2 Å². The van der Waals surface area contributed by atoms with E-state index in [1.54, 1.807) is 58.1 Å². The van der Waals surface area contributed by atoms with Gasteiger partial charge in [-0.15, -0.1) is 0 Å². The van der Waals surface area contributed by atoms with Crippen LogP contribution in [0.2, 0.25) is 0 Å². The SMILES string of the molecule is CN(CC(=O)N1CCOCC1)CC(=O)N1c2ccccc2NC(=O)c2ccccc21. The van der Waals surface area contributed by atoms with Crippen LogP contribution in [0.5, 0.6) is 0 Å². The van der Waals surface area contributed by atoms with Crippen molar-refractivity contribution in [3.05, 3.63) is 54.1 Å². The molecule has 156 valence electrons. The second-order valence-corrected chi connectivity index (χ2v) is 7.38. The van der Waals surface area contributed by atoms with Crippen molar-refractivity contribution in [3.63, 3.8) is 0 Å². The lowest BCUT2D eigenvalue weighted by Gasteiger charge is -2.30. The third kappa shape index (κ3) is 4.05. The third-order valence-corrected chi connectivity index (χ3v) is 5.21. The number of fused-ring (bicyclic) bond motifs is 2. The number of nitrogens with one attached hydrogen (secondary N) is 1. The Kier molecular flexibility index (Phi) is 5.78. The van der Waals surface area contributed by atoms with E-state index >= 15 is 0 Å². The first-order valence-corrected chi connectivity index (χ1v) is 9.91. The normalized spacial score (nSPS) is 15.9. The summed E-state index contributed by atoms with van der Waals surface area (Å²) in [5, 5.41) is 2.87. The molecule has 0 saturated carbocycles. The molecule has 0 aromatic heterocycles. The number of nitrogens with zero attached hydrogens (tertiary/aromatic N) is 3. The molecule has 3 amide bonds. The number of carbonyl (C=O) groups excluding carboxylic acids is 3. The van der Waals surface area contributed by atoms with Gasteiger partial charge in [0.25, 0.3) is 5.91 Å². The summed E-state index contributed by atoms with van der Waals surface area (Å²) in [6.07, 6.45) is 0. The van der Waals surface area contributed by atoms with E-state index in [-0.39, 0.29) is 30.8 Å². The minimum Gasteiger partial charge on any atom is -0.378 e. The van der Waals surface area contributed by atoms with Crippen LogP contribution in [0, 0.1) is 0 Å². The molecule has 8 heteroatoms. The largest absolute Gasteiger partial charge is 0.378 e. The Morgan fingerprint density at radius 2 is 1.60 bits per heavy atom. The lowest BCUT2D eigenvalue weighted by atomic mass is 10.1. The molecule has 2 heterocycles. The predicted octanol–water partition coefficient (Wildman–Crippen LogP) is 1.71. The van der Waals surface area contributed by atoms with Crippen LogP contribution >= 0.6 is 0 Å². The van der Waals surface area contributed by atoms with Crippen molar-refractivity contribution in [2.24, 2.45) is 0 Å². The lowest BCUT2D eigenvalue weighted by molar-refractivity contribution is -0.136. The molecule has 2 aliphatic rings. The summed E-state index contributed by atoms with van der Waals surface area (Å²) in [5.74, 6) is -0.505. The number of morpholine rings is 1. The molecule has 0 radical (unpaired) electrons. The van der Waals surface area contributed by atoms with Gasteiger partial charge in [0.15, 0.2) is 0 Å². The van der Waals surface area contributed by atoms with E-state index in [2.05, 4.69) is 5.32 Å². The standard InChI is InChI=1S/C22H24N4O4/c1-24(14-20(27)25-10-12-30-13-11-25)15-21(28)26-18-8-4-2-6-16(18)22(29)23-17-7-3-5-9-19(17)26/h2-9H,10-15H2,1H3,(H,23,29). The maximum absolute atomic E-state index is 13.4. The first kappa shape index (κ1) is 20.1. The molecule has 1 fully saturated rings. The summed E-state index contributed by atoms with van der Waals surface area (Å²) in [6.45, 7) is 2.39. The second kappa shape index (κ2) is 8.64. The average Bonchev–Trinajstić information content (AvgIpc) is 2.88. The van der Waals surface area contributed by atoms with Gasteiger partial charge >= 0.3 is 0 Å². The summed E-state index contributed by atoms with van der Waals surface area (Å²) in [4.78, 5) is 43.5. The molecule has 8 nitrogen and oxygen atoms in total. The van der Waals surface area contributed by atoms with E-state index < -0.39 is 0 Å². The monoisotopic (exact) mass is 408 g/mol. The van der Waals surface area contributed by atoms with E-state index in [1.807, 2.05) is 12.1 Å². The van der Waals surface area contributed by atoms with Gasteiger partial charge in [0.1, 0.15) is 0 Å². The fraction of sp³-hybridized carbons (Fsp3) is 0.318. The predicted molar refractivity (Wildman–Crippen MR) is 113 cm³/mol. The van der Waals surface area contributed by atoms with E-state index in [0.717, 1.165) is 0 Å². The highest BCUT2D eigenvalue weighted by molar-refractivity contribution is 6.17. The maximum Gasteiger partial charge on any atom is 0.257 e. The molecular formula is C22H24N4O4. The van der Waals surface area contributed by atoms with Gasteiger partial charge in [-0.2, -0.15) is 0 Å². The van der Waals surface area contributed by atoms with Gasteiger partial charge in [-0.3, -0.25) is 24.2 Å². The minimum atomic E-state index is -0.260. The first-order chi connectivity index (χ1) is 14.5. The Balaban J connectivity index is 1.56. The van der Waals surface area contributed by atoms with Gasteiger partial charge in [0, 0.05) is 13.1 Å². The highest BCUT2D eigenvalue weighted by atomic mass is 16.5. The zero-order chi connectivity index (χ0) is 21.1. The van der Waals surface area contributed by atoms with Crippen LogP contribution in [0.1, 0.15) is 10.4 Å². The summed E-state index contributed by atoms with van der Waals surface area (Å²) in [6, 6.07) is 14.2. The number of rotatable bonds is 4. The van der Waals surface area contributed by atoms with Crippen LogP contribution in [0.4, 0.5) is 17.1 Å². The highest BCUT2D eigenvalue weighted by Gasteiger charge is 2.30. The fourth-order valence-electron chi connectivity index (χ4n) is 3.72. The Morgan fingerprint density at radius 3 is 2.37 bits per heavy atom. The number of amides is 3. The molecule has 0 aliphatic carbocycles. The van der Waals surface area contributed by atoms with E-state index in [0.29, 0.717) is 48.9 Å². The van der Waals surface area contributed by atoms with Crippen LogP contribution in [-0.2, 0) is 14.3 Å². The van der Waals surface area contributed by atoms with Crippen LogP contribution in [0.15, 0.2) is 48.5 Å². The maximum atomic E-state index is 13.4. The van der Waals surface area contributed by atoms with Crippen LogP contribution in [0.3, 0.4) is 0 Å². The fourth-order valence-corrected chi connectivity index (χ4v) is 3.72. The van der Waals surface area contributed by atoms with Crippen LogP contribution in [0.25, 0.3) is 0 Å². The van der Waals surface area contributed by atoms with E-state index in [9.17, 15) is 14.4 Å². The smallest absolute Gasteiger partial charge is 0.257 e. The van der Waals surface area contributed by atoms with Gasteiger partial charge in [-0.1, -0.05) is 24.3 Å². The highest BCUT2D eigenvalue weighted by Crippen LogP contribution is 2.37. The molecule has 0 atom stereocenters. The Bertz CT molecular complexity index is 971. The summed E-state index contributed by atoms with van der Waals surface area (Å²) in [5.41, 5.74) is 2.12. The Hall–Kier alpha value is -3.23. The molecule has 4 rings (SSSR count). The quantitative estimate of drug-likeness (QED) is 0.833. The van der Waals surface area contributed by atoms with Crippen molar-refractivity contribution in [3.8, 4) is 0 Å². The first-order valence-electron chi connectivity index (χ1n) is 9.91. The Labute approximate surface area is 175 Å². The molecule has 0 unspecified atom stereocenters. The van der Waals surface area contributed by atoms with Crippen molar-refractivity contribution in [2.45, 2.75) is 0 Å². The number of hydrogen-bond donors (Lipinski definition) is 1. The van der Waals surface area contributed by atoms with E-state index in [4.69, 9.17) is 4.74 Å². The van der Waals surface area contributed by atoms with Crippen LogP contribution in [-0.4, -0.2) is 74.0 Å². The number of para-hydroxylation sites is 3. The summed E-state index contributed by atoms with van der Waals surface area (Å²) < 4.78 is 5.28. The van der Waals surface area contributed by atoms with Gasteiger partial charge in [-0.25, -0.2) is 0 Å². The molecule has 1 saturated heterocycles. The molecule has 1 N–H and O–H groups in total.